The third kappa shape index (κ3) is 7.70. The van der Waals surface area contributed by atoms with Crippen LogP contribution < -0.4 is 10.2 Å². The van der Waals surface area contributed by atoms with Crippen LogP contribution in [0.4, 0.5) is 23.7 Å². The first kappa shape index (κ1) is 38.0. The lowest BCUT2D eigenvalue weighted by Gasteiger charge is -2.43. The van der Waals surface area contributed by atoms with Crippen molar-refractivity contribution in [3.63, 3.8) is 0 Å². The number of nitrogens with zero attached hydrogens (tertiary/aromatic N) is 2. The molecule has 0 radical (unpaired) electrons. The Hall–Kier alpha value is -6.22. The summed E-state index contributed by atoms with van der Waals surface area (Å²) in [6, 6.07) is 26.9. The molecule has 4 aromatic carbocycles. The van der Waals surface area contributed by atoms with Crippen LogP contribution in [0, 0.1) is 22.2 Å². The van der Waals surface area contributed by atoms with Crippen LogP contribution in [-0.4, -0.2) is 23.8 Å². The molecule has 9 nitrogen and oxygen atoms in total. The largest absolute Gasteiger partial charge is 0.460 e. The first-order valence-corrected chi connectivity index (χ1v) is 16.6. The molecule has 12 heteroatoms. The first-order chi connectivity index (χ1) is 25.1. The molecule has 5 rings (SSSR count). The number of halogens is 3. The maximum absolute atomic E-state index is 15.5. The summed E-state index contributed by atoms with van der Waals surface area (Å²) >= 11 is 0. The number of ketones is 1. The molecular formula is C41H36F3N3O6. The Morgan fingerprint density at radius 3 is 1.79 bits per heavy atom. The van der Waals surface area contributed by atoms with Crippen molar-refractivity contribution in [2.24, 2.45) is 10.8 Å². The number of carbonyl (C=O) groups is 4. The predicted octanol–water partition coefficient (Wildman–Crippen LogP) is 8.21. The molecule has 1 N–H and O–H groups in total. The molecule has 0 aromatic heterocycles. The van der Waals surface area contributed by atoms with Gasteiger partial charge >= 0.3 is 24.1 Å². The number of ether oxygens (including phenoxy) is 2. The fraction of sp³-hybridized carbons (Fsp3) is 0.244. The van der Waals surface area contributed by atoms with Crippen LogP contribution in [0.2, 0.25) is 0 Å². The molecule has 0 spiro atoms. The molecule has 2 amide bonds. The van der Waals surface area contributed by atoms with Gasteiger partial charge in [-0.05, 0) is 59.4 Å². The minimum absolute atomic E-state index is 0.146. The number of urea groups is 1. The van der Waals surface area contributed by atoms with Crippen molar-refractivity contribution in [2.75, 3.05) is 4.90 Å². The molecule has 4 aromatic rings. The van der Waals surface area contributed by atoms with Crippen LogP contribution in [0.1, 0.15) is 61.6 Å². The van der Waals surface area contributed by atoms with E-state index < -0.39 is 52.4 Å². The highest BCUT2D eigenvalue weighted by molar-refractivity contribution is 6.27. The number of hydrogen-bond donors (Lipinski definition) is 1. The zero-order valence-corrected chi connectivity index (χ0v) is 29.4. The second kappa shape index (κ2) is 15.2. The van der Waals surface area contributed by atoms with E-state index >= 15 is 4.79 Å². The van der Waals surface area contributed by atoms with Gasteiger partial charge in [0.05, 0.1) is 28.9 Å². The van der Waals surface area contributed by atoms with Crippen molar-refractivity contribution in [1.29, 1.82) is 5.26 Å². The normalized spacial score (nSPS) is 14.9. The molecule has 272 valence electrons. The SMILES string of the molecule is CC1=C(C(=O)C(C(=O)OCc2ccccc2)(C(=O)OCc2ccccc2)C(C)(C)C)C(c2ccc(C#N)cc2)NC(=O)N1c1cccc(C(F)(F)F)c1. The van der Waals surface area contributed by atoms with E-state index in [1.807, 2.05) is 6.07 Å². The smallest absolute Gasteiger partial charge is 0.416 e. The number of hydrogen-bond acceptors (Lipinski definition) is 7. The molecular weight excluding hydrogens is 687 g/mol. The molecule has 0 saturated heterocycles. The van der Waals surface area contributed by atoms with E-state index in [1.165, 1.54) is 58.0 Å². The van der Waals surface area contributed by atoms with Gasteiger partial charge in [0.1, 0.15) is 13.2 Å². The zero-order valence-electron chi connectivity index (χ0n) is 29.4. The first-order valence-electron chi connectivity index (χ1n) is 16.6. The molecule has 0 fully saturated rings. The lowest BCUT2D eigenvalue weighted by atomic mass is 9.61. The van der Waals surface area contributed by atoms with E-state index in [2.05, 4.69) is 5.32 Å². The van der Waals surface area contributed by atoms with Crippen molar-refractivity contribution in [3.8, 4) is 6.07 Å². The Morgan fingerprint density at radius 1 is 0.792 bits per heavy atom. The molecule has 0 bridgehead atoms. The molecule has 1 atom stereocenters. The summed E-state index contributed by atoms with van der Waals surface area (Å²) in [5.74, 6) is -3.54. The molecule has 1 aliphatic heterocycles. The van der Waals surface area contributed by atoms with Gasteiger partial charge in [0.2, 0.25) is 5.41 Å². The number of esters is 2. The van der Waals surface area contributed by atoms with Crippen LogP contribution in [0.15, 0.2) is 120 Å². The number of rotatable bonds is 10. The number of amides is 2. The number of benzene rings is 4. The topological polar surface area (TPSA) is 126 Å². The third-order valence-electron chi connectivity index (χ3n) is 9.04. The maximum atomic E-state index is 15.5. The van der Waals surface area contributed by atoms with Crippen molar-refractivity contribution < 1.29 is 41.8 Å². The van der Waals surface area contributed by atoms with E-state index in [4.69, 9.17) is 9.47 Å². The van der Waals surface area contributed by atoms with Crippen LogP contribution in [0.3, 0.4) is 0 Å². The van der Waals surface area contributed by atoms with Gasteiger partial charge in [-0.2, -0.15) is 18.4 Å². The number of allylic oxidation sites excluding steroid dienone is 1. The Kier molecular flexibility index (Phi) is 10.9. The quantitative estimate of drug-likeness (QED) is 0.129. The molecule has 0 aliphatic carbocycles. The molecule has 1 aliphatic rings. The summed E-state index contributed by atoms with van der Waals surface area (Å²) in [6.45, 7) is 5.23. The fourth-order valence-electron chi connectivity index (χ4n) is 6.26. The Labute approximate surface area is 304 Å². The van der Waals surface area contributed by atoms with E-state index in [-0.39, 0.29) is 35.7 Å². The highest BCUT2D eigenvalue weighted by Crippen LogP contribution is 2.48. The van der Waals surface area contributed by atoms with Gasteiger partial charge in [0.15, 0.2) is 5.78 Å². The predicted molar refractivity (Wildman–Crippen MR) is 188 cm³/mol. The number of Topliss-reactive ketones (excluding diaryl/α,β-unsaturated/α-hetero) is 1. The number of anilines is 1. The van der Waals surface area contributed by atoms with E-state index in [0.717, 1.165) is 23.1 Å². The number of alkyl halides is 3. The molecule has 1 unspecified atom stereocenters. The minimum atomic E-state index is -4.75. The monoisotopic (exact) mass is 723 g/mol. The summed E-state index contributed by atoms with van der Waals surface area (Å²) in [6.07, 6.45) is -4.75. The van der Waals surface area contributed by atoms with Gasteiger partial charge < -0.3 is 14.8 Å². The van der Waals surface area contributed by atoms with E-state index in [9.17, 15) is 32.8 Å². The summed E-state index contributed by atoms with van der Waals surface area (Å²) in [5, 5.41) is 12.1. The number of carbonyl (C=O) groups excluding carboxylic acids is 4. The average molecular weight is 724 g/mol. The standard InChI is InChI=1S/C41H36F3N3O6/c1-26-33(34(30-20-18-27(23-45)19-21-30)46-38(51)47(26)32-17-11-16-31(22-32)41(42,43)44)35(48)40(39(2,3)4,36(49)52-24-28-12-7-5-8-13-28)37(50)53-25-29-14-9-6-10-15-29/h5-22,34H,24-25H2,1-4H3,(H,46,51). The Morgan fingerprint density at radius 2 is 1.32 bits per heavy atom. The molecule has 0 saturated carbocycles. The van der Waals surface area contributed by atoms with Gasteiger partial charge in [-0.25, -0.2) is 4.79 Å². The van der Waals surface area contributed by atoms with Crippen molar-refractivity contribution >= 4 is 29.4 Å². The van der Waals surface area contributed by atoms with E-state index in [0.29, 0.717) is 16.7 Å². The summed E-state index contributed by atoms with van der Waals surface area (Å²) in [7, 11) is 0. The van der Waals surface area contributed by atoms with Crippen LogP contribution in [-0.2, 0) is 43.2 Å². The summed E-state index contributed by atoms with van der Waals surface area (Å²) < 4.78 is 53.0. The Bertz CT molecular complexity index is 2030. The number of nitriles is 1. The zero-order chi connectivity index (χ0) is 38.6. The van der Waals surface area contributed by atoms with Crippen LogP contribution >= 0.6 is 0 Å². The fourth-order valence-corrected chi connectivity index (χ4v) is 6.26. The highest BCUT2D eigenvalue weighted by Gasteiger charge is 2.65. The number of nitrogens with one attached hydrogen (secondary N) is 1. The summed E-state index contributed by atoms with van der Waals surface area (Å²) in [4.78, 5) is 59.4. The van der Waals surface area contributed by atoms with Gasteiger partial charge in [-0.1, -0.05) is 99.6 Å². The molecule has 1 heterocycles. The van der Waals surface area contributed by atoms with Crippen molar-refractivity contribution in [2.45, 2.75) is 53.1 Å². The lowest BCUT2D eigenvalue weighted by molar-refractivity contribution is -0.184. The average Bonchev–Trinajstić information content (AvgIpc) is 3.13. The van der Waals surface area contributed by atoms with Gasteiger partial charge in [0, 0.05) is 11.3 Å². The highest BCUT2D eigenvalue weighted by atomic mass is 19.4. The third-order valence-corrected chi connectivity index (χ3v) is 9.04. The Balaban J connectivity index is 1.74. The van der Waals surface area contributed by atoms with Gasteiger partial charge in [-0.15, -0.1) is 0 Å². The second-order valence-electron chi connectivity index (χ2n) is 13.5. The van der Waals surface area contributed by atoms with Gasteiger partial charge in [0.25, 0.3) is 0 Å². The minimum Gasteiger partial charge on any atom is -0.460 e. The summed E-state index contributed by atoms with van der Waals surface area (Å²) in [5.41, 5.74) is -4.25. The van der Waals surface area contributed by atoms with E-state index in [1.54, 1.807) is 60.7 Å². The second-order valence-corrected chi connectivity index (χ2v) is 13.5. The van der Waals surface area contributed by atoms with Crippen molar-refractivity contribution in [1.82, 2.24) is 5.32 Å². The van der Waals surface area contributed by atoms with Crippen LogP contribution in [0.25, 0.3) is 0 Å². The van der Waals surface area contributed by atoms with Gasteiger partial charge in [-0.3, -0.25) is 19.3 Å². The lowest BCUT2D eigenvalue weighted by Crippen LogP contribution is -2.59. The van der Waals surface area contributed by atoms with Crippen LogP contribution in [0.5, 0.6) is 0 Å². The molecule has 53 heavy (non-hydrogen) atoms. The van der Waals surface area contributed by atoms with Crippen molar-refractivity contribution in [3.05, 3.63) is 148 Å². The maximum Gasteiger partial charge on any atom is 0.416 e.